The number of benzene rings is 1. The van der Waals surface area contributed by atoms with E-state index in [4.69, 9.17) is 17.3 Å². The Kier molecular flexibility index (Phi) is 2.81. The highest BCUT2D eigenvalue weighted by atomic mass is 127. The molecule has 0 heterocycles. The first-order chi connectivity index (χ1) is 6.20. The average Bonchev–Trinajstić information content (AvgIpc) is 2.12. The molecule has 0 saturated heterocycles. The Hall–Kier alpha value is 0.200. The van der Waals surface area contributed by atoms with Gasteiger partial charge in [-0.2, -0.15) is 0 Å². The lowest BCUT2D eigenvalue weighted by molar-refractivity contribution is 0.570. The third kappa shape index (κ3) is 1.72. The lowest BCUT2D eigenvalue weighted by Gasteiger charge is -2.23. The van der Waals surface area contributed by atoms with Gasteiger partial charge in [0.2, 0.25) is 0 Å². The molecule has 2 N–H and O–H groups in total. The summed E-state index contributed by atoms with van der Waals surface area (Å²) < 4.78 is 1.13. The van der Waals surface area contributed by atoms with E-state index in [1.54, 1.807) is 0 Å². The highest BCUT2D eigenvalue weighted by Crippen LogP contribution is 2.34. The fourth-order valence-electron chi connectivity index (χ4n) is 1.86. The molecule has 70 valence electrons. The SMILES string of the molecule is N[C@@H]1CCCc2c1ccc(I)c2Cl. The second kappa shape index (κ2) is 3.75. The minimum atomic E-state index is 0.193. The Morgan fingerprint density at radius 3 is 3.00 bits per heavy atom. The van der Waals surface area contributed by atoms with Crippen molar-refractivity contribution in [3.05, 3.63) is 31.9 Å². The minimum Gasteiger partial charge on any atom is -0.324 e. The number of fused-ring (bicyclic) bond motifs is 1. The van der Waals surface area contributed by atoms with Crippen LogP contribution in [-0.4, -0.2) is 0 Å². The van der Waals surface area contributed by atoms with Gasteiger partial charge in [0.25, 0.3) is 0 Å². The van der Waals surface area contributed by atoms with Crippen molar-refractivity contribution in [2.75, 3.05) is 0 Å². The second-order valence-electron chi connectivity index (χ2n) is 3.43. The molecule has 0 aliphatic heterocycles. The zero-order valence-electron chi connectivity index (χ0n) is 7.19. The van der Waals surface area contributed by atoms with Crippen LogP contribution in [0.4, 0.5) is 0 Å². The summed E-state index contributed by atoms with van der Waals surface area (Å²) in [4.78, 5) is 0. The van der Waals surface area contributed by atoms with E-state index in [9.17, 15) is 0 Å². The number of hydrogen-bond donors (Lipinski definition) is 1. The Morgan fingerprint density at radius 2 is 2.23 bits per heavy atom. The summed E-state index contributed by atoms with van der Waals surface area (Å²) in [6.45, 7) is 0. The van der Waals surface area contributed by atoms with Gasteiger partial charge in [0.15, 0.2) is 0 Å². The van der Waals surface area contributed by atoms with Gasteiger partial charge in [0.1, 0.15) is 0 Å². The van der Waals surface area contributed by atoms with Crippen LogP contribution in [0.2, 0.25) is 5.02 Å². The van der Waals surface area contributed by atoms with Crippen LogP contribution in [0, 0.1) is 3.57 Å². The van der Waals surface area contributed by atoms with Crippen molar-refractivity contribution < 1.29 is 0 Å². The fourth-order valence-corrected chi connectivity index (χ4v) is 2.64. The lowest BCUT2D eigenvalue weighted by atomic mass is 9.88. The highest BCUT2D eigenvalue weighted by molar-refractivity contribution is 14.1. The summed E-state index contributed by atoms with van der Waals surface area (Å²) in [5.74, 6) is 0. The number of nitrogens with two attached hydrogens (primary N) is 1. The fraction of sp³-hybridized carbons (Fsp3) is 0.400. The monoisotopic (exact) mass is 307 g/mol. The number of rotatable bonds is 0. The van der Waals surface area contributed by atoms with Crippen molar-refractivity contribution in [2.24, 2.45) is 5.73 Å². The van der Waals surface area contributed by atoms with Gasteiger partial charge in [-0.3, -0.25) is 0 Å². The molecule has 0 saturated carbocycles. The third-order valence-electron chi connectivity index (χ3n) is 2.57. The maximum Gasteiger partial charge on any atom is 0.0574 e. The largest absolute Gasteiger partial charge is 0.324 e. The average molecular weight is 308 g/mol. The van der Waals surface area contributed by atoms with Crippen LogP contribution in [0.15, 0.2) is 12.1 Å². The molecule has 0 aromatic heterocycles. The Labute approximate surface area is 96.8 Å². The van der Waals surface area contributed by atoms with E-state index in [0.29, 0.717) is 0 Å². The van der Waals surface area contributed by atoms with Crippen molar-refractivity contribution in [3.8, 4) is 0 Å². The molecule has 0 spiro atoms. The number of halogens is 2. The van der Waals surface area contributed by atoms with Crippen LogP contribution in [0.5, 0.6) is 0 Å². The van der Waals surface area contributed by atoms with E-state index in [0.717, 1.165) is 27.9 Å². The molecule has 0 amide bonds. The topological polar surface area (TPSA) is 26.0 Å². The smallest absolute Gasteiger partial charge is 0.0574 e. The molecule has 1 aromatic carbocycles. The lowest BCUT2D eigenvalue weighted by Crippen LogP contribution is -2.17. The molecular weight excluding hydrogens is 296 g/mol. The molecule has 1 nitrogen and oxygen atoms in total. The highest BCUT2D eigenvalue weighted by Gasteiger charge is 2.19. The van der Waals surface area contributed by atoms with Crippen molar-refractivity contribution >= 4 is 34.2 Å². The quantitative estimate of drug-likeness (QED) is 0.731. The molecule has 1 aromatic rings. The van der Waals surface area contributed by atoms with Gasteiger partial charge in [-0.1, -0.05) is 17.7 Å². The zero-order chi connectivity index (χ0) is 9.42. The van der Waals surface area contributed by atoms with Crippen molar-refractivity contribution in [3.63, 3.8) is 0 Å². The summed E-state index contributed by atoms with van der Waals surface area (Å²) in [5, 5.41) is 0.910. The van der Waals surface area contributed by atoms with Crippen LogP contribution in [0.25, 0.3) is 0 Å². The van der Waals surface area contributed by atoms with Crippen LogP contribution >= 0.6 is 34.2 Å². The van der Waals surface area contributed by atoms with Crippen LogP contribution < -0.4 is 5.73 Å². The van der Waals surface area contributed by atoms with Gasteiger partial charge in [0, 0.05) is 9.61 Å². The molecule has 0 fully saturated rings. The zero-order valence-corrected chi connectivity index (χ0v) is 10.1. The molecule has 1 aliphatic carbocycles. The normalized spacial score (nSPS) is 21.3. The standard InChI is InChI=1S/C10H11ClIN/c11-10-7-2-1-3-9(13)6(7)4-5-8(10)12/h4-5,9H,1-3,13H2/t9-/m1/s1. The third-order valence-corrected chi connectivity index (χ3v) is 4.22. The van der Waals surface area contributed by atoms with Crippen molar-refractivity contribution in [1.82, 2.24) is 0 Å². The van der Waals surface area contributed by atoms with Gasteiger partial charge < -0.3 is 5.73 Å². The Morgan fingerprint density at radius 1 is 1.46 bits per heavy atom. The molecule has 0 radical (unpaired) electrons. The molecule has 1 aliphatic rings. The van der Waals surface area contributed by atoms with Gasteiger partial charge in [-0.15, -0.1) is 0 Å². The first kappa shape index (κ1) is 9.74. The maximum atomic E-state index is 6.21. The van der Waals surface area contributed by atoms with Crippen LogP contribution in [0.3, 0.4) is 0 Å². The van der Waals surface area contributed by atoms with Gasteiger partial charge in [-0.05, 0) is 59.0 Å². The van der Waals surface area contributed by atoms with E-state index >= 15 is 0 Å². The summed E-state index contributed by atoms with van der Waals surface area (Å²) in [6, 6.07) is 4.36. The molecule has 2 rings (SSSR count). The first-order valence-electron chi connectivity index (χ1n) is 4.42. The van der Waals surface area contributed by atoms with Crippen molar-refractivity contribution in [2.45, 2.75) is 25.3 Å². The maximum absolute atomic E-state index is 6.21. The first-order valence-corrected chi connectivity index (χ1v) is 5.88. The van der Waals surface area contributed by atoms with Crippen LogP contribution in [-0.2, 0) is 6.42 Å². The number of hydrogen-bond acceptors (Lipinski definition) is 1. The van der Waals surface area contributed by atoms with Gasteiger partial charge >= 0.3 is 0 Å². The summed E-state index contributed by atoms with van der Waals surface area (Å²) in [7, 11) is 0. The summed E-state index contributed by atoms with van der Waals surface area (Å²) in [5.41, 5.74) is 8.52. The van der Waals surface area contributed by atoms with E-state index in [1.807, 2.05) is 6.07 Å². The van der Waals surface area contributed by atoms with E-state index in [2.05, 4.69) is 28.7 Å². The van der Waals surface area contributed by atoms with E-state index < -0.39 is 0 Å². The predicted molar refractivity (Wildman–Crippen MR) is 64.0 cm³/mol. The van der Waals surface area contributed by atoms with Crippen molar-refractivity contribution in [1.29, 1.82) is 0 Å². The van der Waals surface area contributed by atoms with Gasteiger partial charge in [-0.25, -0.2) is 0 Å². The predicted octanol–water partition coefficient (Wildman–Crippen LogP) is 3.28. The Balaban J connectivity index is 2.56. The molecular formula is C10H11ClIN. The summed E-state index contributed by atoms with van der Waals surface area (Å²) in [6.07, 6.45) is 3.33. The molecule has 0 unspecified atom stereocenters. The molecule has 0 bridgehead atoms. The molecule has 3 heteroatoms. The van der Waals surface area contributed by atoms with Gasteiger partial charge in [0.05, 0.1) is 5.02 Å². The Bertz CT molecular complexity index is 338. The molecule has 13 heavy (non-hydrogen) atoms. The van der Waals surface area contributed by atoms with E-state index in [-0.39, 0.29) is 6.04 Å². The van der Waals surface area contributed by atoms with Crippen LogP contribution in [0.1, 0.15) is 30.0 Å². The summed E-state index contributed by atoms with van der Waals surface area (Å²) >= 11 is 8.48. The molecule has 1 atom stereocenters. The van der Waals surface area contributed by atoms with E-state index in [1.165, 1.54) is 11.1 Å². The second-order valence-corrected chi connectivity index (χ2v) is 4.97. The minimum absolute atomic E-state index is 0.193.